The number of nitrogens with two attached hydrogens (primary N) is 1. The Morgan fingerprint density at radius 2 is 1.93 bits per heavy atom. The maximum atomic E-state index is 11.3. The van der Waals surface area contributed by atoms with E-state index in [1.54, 1.807) is 13.8 Å². The smallest absolute Gasteiger partial charge is 0.328 e. The maximum absolute atomic E-state index is 11.3. The Labute approximate surface area is 82.1 Å². The highest BCUT2D eigenvalue weighted by atomic mass is 16.4. The normalized spacial score (nSPS) is 16.9. The lowest BCUT2D eigenvalue weighted by atomic mass is 10.0. The molecule has 5 N–H and O–H groups in total. The van der Waals surface area contributed by atoms with Gasteiger partial charge in [0.15, 0.2) is 0 Å². The monoisotopic (exact) mass is 204 g/mol. The van der Waals surface area contributed by atoms with Gasteiger partial charge in [-0.05, 0) is 6.92 Å². The molecule has 6 heteroatoms. The van der Waals surface area contributed by atoms with Crippen LogP contribution in [-0.4, -0.2) is 40.8 Å². The van der Waals surface area contributed by atoms with Crippen molar-refractivity contribution >= 4 is 11.9 Å². The van der Waals surface area contributed by atoms with Gasteiger partial charge in [-0.15, -0.1) is 0 Å². The Morgan fingerprint density at radius 3 is 2.21 bits per heavy atom. The first-order valence-corrected chi connectivity index (χ1v) is 4.29. The van der Waals surface area contributed by atoms with E-state index in [4.69, 9.17) is 15.9 Å². The molecule has 0 fully saturated rings. The number of carbonyl (C=O) groups is 2. The highest BCUT2D eigenvalue weighted by Gasteiger charge is 2.23. The second-order valence-electron chi connectivity index (χ2n) is 3.23. The summed E-state index contributed by atoms with van der Waals surface area (Å²) in [4.78, 5) is 21.7. The first-order valence-electron chi connectivity index (χ1n) is 4.29. The molecule has 0 aliphatic heterocycles. The zero-order valence-electron chi connectivity index (χ0n) is 8.23. The molecular formula is C8H16N2O4. The van der Waals surface area contributed by atoms with Gasteiger partial charge in [-0.3, -0.25) is 4.79 Å². The van der Waals surface area contributed by atoms with Gasteiger partial charge < -0.3 is 21.3 Å². The van der Waals surface area contributed by atoms with Crippen molar-refractivity contribution in [2.24, 2.45) is 11.7 Å². The minimum Gasteiger partial charge on any atom is -0.480 e. The third-order valence-electron chi connectivity index (χ3n) is 2.00. The largest absolute Gasteiger partial charge is 0.480 e. The molecule has 0 bridgehead atoms. The van der Waals surface area contributed by atoms with Gasteiger partial charge in [0.05, 0.1) is 6.61 Å². The van der Waals surface area contributed by atoms with E-state index in [2.05, 4.69) is 5.32 Å². The van der Waals surface area contributed by atoms with E-state index >= 15 is 0 Å². The van der Waals surface area contributed by atoms with Crippen molar-refractivity contribution < 1.29 is 19.8 Å². The molecule has 0 radical (unpaired) electrons. The molecule has 82 valence electrons. The molecule has 0 saturated carbocycles. The standard InChI is InChI=1S/C8H16N2O4/c1-4(5(2)9)7(12)10-6(3-11)8(13)14/h4-6,11H,3,9H2,1-2H3,(H,10,12)(H,13,14)/t4?,5?,6-/m0/s1. The highest BCUT2D eigenvalue weighted by Crippen LogP contribution is 2.00. The molecule has 0 saturated heterocycles. The lowest BCUT2D eigenvalue weighted by Crippen LogP contribution is -2.48. The number of carbonyl (C=O) groups excluding carboxylic acids is 1. The Bertz CT molecular complexity index is 217. The first-order chi connectivity index (χ1) is 6.40. The summed E-state index contributed by atoms with van der Waals surface area (Å²) >= 11 is 0. The second kappa shape index (κ2) is 5.56. The summed E-state index contributed by atoms with van der Waals surface area (Å²) in [5.41, 5.74) is 5.46. The van der Waals surface area contributed by atoms with Crippen molar-refractivity contribution in [3.05, 3.63) is 0 Å². The molecule has 0 aromatic rings. The number of carboxylic acids is 1. The van der Waals surface area contributed by atoms with Crippen molar-refractivity contribution in [2.45, 2.75) is 25.9 Å². The van der Waals surface area contributed by atoms with E-state index in [9.17, 15) is 9.59 Å². The van der Waals surface area contributed by atoms with Crippen LogP contribution in [0.4, 0.5) is 0 Å². The van der Waals surface area contributed by atoms with Gasteiger partial charge in [0.2, 0.25) is 5.91 Å². The molecule has 0 spiro atoms. The molecular weight excluding hydrogens is 188 g/mol. The van der Waals surface area contributed by atoms with Crippen LogP contribution in [0.3, 0.4) is 0 Å². The van der Waals surface area contributed by atoms with Crippen molar-refractivity contribution in [2.75, 3.05) is 6.61 Å². The Morgan fingerprint density at radius 1 is 1.43 bits per heavy atom. The zero-order chi connectivity index (χ0) is 11.3. The summed E-state index contributed by atoms with van der Waals surface area (Å²) in [6.07, 6.45) is 0. The van der Waals surface area contributed by atoms with Gasteiger partial charge in [-0.2, -0.15) is 0 Å². The fourth-order valence-corrected chi connectivity index (χ4v) is 0.727. The fourth-order valence-electron chi connectivity index (χ4n) is 0.727. The van der Waals surface area contributed by atoms with Crippen LogP contribution >= 0.6 is 0 Å². The molecule has 14 heavy (non-hydrogen) atoms. The molecule has 0 heterocycles. The molecule has 6 nitrogen and oxygen atoms in total. The quantitative estimate of drug-likeness (QED) is 0.437. The summed E-state index contributed by atoms with van der Waals surface area (Å²) < 4.78 is 0. The van der Waals surface area contributed by atoms with Crippen molar-refractivity contribution in [1.82, 2.24) is 5.32 Å². The summed E-state index contributed by atoms with van der Waals surface area (Å²) in [5, 5.41) is 19.4. The molecule has 0 aliphatic rings. The van der Waals surface area contributed by atoms with Crippen LogP contribution in [0.5, 0.6) is 0 Å². The average Bonchev–Trinajstić information content (AvgIpc) is 2.11. The van der Waals surface area contributed by atoms with Crippen LogP contribution in [0.2, 0.25) is 0 Å². The maximum Gasteiger partial charge on any atom is 0.328 e. The third kappa shape index (κ3) is 3.71. The predicted octanol–water partition coefficient (Wildman–Crippen LogP) is -1.47. The van der Waals surface area contributed by atoms with Crippen LogP contribution in [0.15, 0.2) is 0 Å². The number of hydrogen-bond donors (Lipinski definition) is 4. The lowest BCUT2D eigenvalue weighted by Gasteiger charge is -2.18. The number of aliphatic hydroxyl groups excluding tert-OH is 1. The van der Waals surface area contributed by atoms with Crippen molar-refractivity contribution in [3.63, 3.8) is 0 Å². The highest BCUT2D eigenvalue weighted by molar-refractivity contribution is 5.85. The Hall–Kier alpha value is -1.14. The van der Waals surface area contributed by atoms with E-state index in [0.717, 1.165) is 0 Å². The van der Waals surface area contributed by atoms with Gasteiger partial charge in [0.25, 0.3) is 0 Å². The number of rotatable bonds is 5. The first kappa shape index (κ1) is 12.9. The van der Waals surface area contributed by atoms with Crippen molar-refractivity contribution in [1.29, 1.82) is 0 Å². The molecule has 1 amide bonds. The van der Waals surface area contributed by atoms with Gasteiger partial charge >= 0.3 is 5.97 Å². The van der Waals surface area contributed by atoms with E-state index < -0.39 is 30.4 Å². The summed E-state index contributed by atoms with van der Waals surface area (Å²) in [6, 6.07) is -1.62. The van der Waals surface area contributed by atoms with E-state index in [0.29, 0.717) is 0 Å². The number of nitrogens with one attached hydrogen (secondary N) is 1. The molecule has 0 aliphatic carbocycles. The Balaban J connectivity index is 4.22. The summed E-state index contributed by atoms with van der Waals surface area (Å²) in [6.45, 7) is 2.61. The average molecular weight is 204 g/mol. The second-order valence-corrected chi connectivity index (χ2v) is 3.23. The lowest BCUT2D eigenvalue weighted by molar-refractivity contribution is -0.143. The number of amides is 1. The summed E-state index contributed by atoms with van der Waals surface area (Å²) in [7, 11) is 0. The summed E-state index contributed by atoms with van der Waals surface area (Å²) in [5.74, 6) is -2.22. The van der Waals surface area contributed by atoms with E-state index in [1.807, 2.05) is 0 Å². The third-order valence-corrected chi connectivity index (χ3v) is 2.00. The van der Waals surface area contributed by atoms with Crippen LogP contribution in [-0.2, 0) is 9.59 Å². The topological polar surface area (TPSA) is 113 Å². The fraction of sp³-hybridized carbons (Fsp3) is 0.750. The van der Waals surface area contributed by atoms with E-state index in [-0.39, 0.29) is 6.04 Å². The minimum absolute atomic E-state index is 0.358. The molecule has 0 aromatic heterocycles. The van der Waals surface area contributed by atoms with Crippen LogP contribution in [0, 0.1) is 5.92 Å². The van der Waals surface area contributed by atoms with Gasteiger partial charge in [-0.25, -0.2) is 4.79 Å². The zero-order valence-corrected chi connectivity index (χ0v) is 8.23. The van der Waals surface area contributed by atoms with Crippen LogP contribution in [0.25, 0.3) is 0 Å². The SMILES string of the molecule is CC(N)C(C)C(=O)N[C@@H](CO)C(=O)O. The number of carboxylic acid groups (broad SMARTS) is 1. The number of aliphatic carboxylic acids is 1. The number of hydrogen-bond acceptors (Lipinski definition) is 4. The van der Waals surface area contributed by atoms with Gasteiger partial charge in [0.1, 0.15) is 6.04 Å². The predicted molar refractivity (Wildman–Crippen MR) is 49.5 cm³/mol. The molecule has 2 unspecified atom stereocenters. The number of aliphatic hydroxyl groups is 1. The van der Waals surface area contributed by atoms with E-state index in [1.165, 1.54) is 0 Å². The molecule has 3 atom stereocenters. The van der Waals surface area contributed by atoms with Gasteiger partial charge in [-0.1, -0.05) is 6.92 Å². The van der Waals surface area contributed by atoms with Crippen molar-refractivity contribution in [3.8, 4) is 0 Å². The van der Waals surface area contributed by atoms with Crippen LogP contribution in [0.1, 0.15) is 13.8 Å². The molecule has 0 rings (SSSR count). The van der Waals surface area contributed by atoms with Crippen LogP contribution < -0.4 is 11.1 Å². The Kier molecular flexibility index (Phi) is 5.11. The molecule has 0 aromatic carbocycles. The van der Waals surface area contributed by atoms with Gasteiger partial charge in [0, 0.05) is 12.0 Å². The minimum atomic E-state index is -1.27.